The summed E-state index contributed by atoms with van der Waals surface area (Å²) in [4.78, 5) is 23.9. The third-order valence-corrected chi connectivity index (χ3v) is 4.37. The number of aldehydes is 1. The lowest BCUT2D eigenvalue weighted by Gasteiger charge is -2.20. The summed E-state index contributed by atoms with van der Waals surface area (Å²) < 4.78 is 1.97. The van der Waals surface area contributed by atoms with Crippen molar-refractivity contribution in [2.45, 2.75) is 17.5 Å². The van der Waals surface area contributed by atoms with Crippen molar-refractivity contribution in [1.29, 1.82) is 0 Å². The Morgan fingerprint density at radius 1 is 1.10 bits per heavy atom. The minimum Gasteiger partial charge on any atom is -0.295 e. The standard InChI is InChI=1S/C16H13NO2S/c18-11-15(19)16-14-9-5-4-6-12(14)10-17(16)20-13-7-2-1-3-8-13/h1-9,11,16H,10H2. The van der Waals surface area contributed by atoms with Crippen LogP contribution in [0.5, 0.6) is 0 Å². The second-order valence-corrected chi connectivity index (χ2v) is 5.72. The molecule has 4 heteroatoms. The van der Waals surface area contributed by atoms with Gasteiger partial charge in [0, 0.05) is 11.4 Å². The second-order valence-electron chi connectivity index (χ2n) is 4.60. The Hall–Kier alpha value is -1.91. The van der Waals surface area contributed by atoms with E-state index in [1.807, 2.05) is 58.9 Å². The highest BCUT2D eigenvalue weighted by Gasteiger charge is 2.35. The van der Waals surface area contributed by atoms with Gasteiger partial charge in [-0.1, -0.05) is 42.5 Å². The largest absolute Gasteiger partial charge is 0.295 e. The molecule has 0 saturated heterocycles. The number of rotatable bonds is 4. The minimum absolute atomic E-state index is 0.390. The molecular weight excluding hydrogens is 270 g/mol. The first-order valence-corrected chi connectivity index (χ1v) is 7.13. The molecule has 1 aliphatic heterocycles. The topological polar surface area (TPSA) is 37.4 Å². The Morgan fingerprint density at radius 3 is 2.55 bits per heavy atom. The zero-order valence-electron chi connectivity index (χ0n) is 10.7. The van der Waals surface area contributed by atoms with Crippen molar-refractivity contribution < 1.29 is 9.59 Å². The van der Waals surface area contributed by atoms with E-state index < -0.39 is 11.8 Å². The van der Waals surface area contributed by atoms with E-state index in [0.717, 1.165) is 16.0 Å². The number of hydrogen-bond acceptors (Lipinski definition) is 4. The molecule has 1 aliphatic rings. The van der Waals surface area contributed by atoms with Crippen LogP contribution in [0.4, 0.5) is 0 Å². The summed E-state index contributed by atoms with van der Waals surface area (Å²) in [5, 5.41) is 0. The maximum absolute atomic E-state index is 12.0. The molecule has 0 fully saturated rings. The molecule has 0 N–H and O–H groups in total. The average Bonchev–Trinajstić information content (AvgIpc) is 2.85. The highest BCUT2D eigenvalue weighted by atomic mass is 32.2. The molecule has 0 amide bonds. The number of fused-ring (bicyclic) bond motifs is 1. The molecule has 20 heavy (non-hydrogen) atoms. The van der Waals surface area contributed by atoms with Crippen molar-refractivity contribution in [2.24, 2.45) is 0 Å². The van der Waals surface area contributed by atoms with E-state index in [9.17, 15) is 9.59 Å². The Bertz CT molecular complexity index is 642. The van der Waals surface area contributed by atoms with Gasteiger partial charge in [-0.05, 0) is 35.2 Å². The van der Waals surface area contributed by atoms with E-state index in [0.29, 0.717) is 12.8 Å². The fourth-order valence-corrected chi connectivity index (χ4v) is 3.50. The smallest absolute Gasteiger partial charge is 0.217 e. The van der Waals surface area contributed by atoms with Gasteiger partial charge in [0.25, 0.3) is 0 Å². The van der Waals surface area contributed by atoms with Gasteiger partial charge in [-0.25, -0.2) is 4.31 Å². The molecule has 0 aromatic heterocycles. The summed E-state index contributed by atoms with van der Waals surface area (Å²) in [7, 11) is 0. The van der Waals surface area contributed by atoms with Crippen molar-refractivity contribution in [1.82, 2.24) is 4.31 Å². The zero-order chi connectivity index (χ0) is 13.9. The maximum Gasteiger partial charge on any atom is 0.217 e. The number of benzene rings is 2. The number of ketones is 1. The van der Waals surface area contributed by atoms with Crippen LogP contribution in [0.1, 0.15) is 17.2 Å². The molecule has 0 saturated carbocycles. The molecule has 1 heterocycles. The maximum atomic E-state index is 12.0. The normalized spacial score (nSPS) is 17.7. The van der Waals surface area contributed by atoms with Crippen molar-refractivity contribution >= 4 is 24.0 Å². The quantitative estimate of drug-likeness (QED) is 0.491. The van der Waals surface area contributed by atoms with Gasteiger partial charge in [0.15, 0.2) is 6.29 Å². The average molecular weight is 283 g/mol. The van der Waals surface area contributed by atoms with Crippen LogP contribution in [0, 0.1) is 0 Å². The fourth-order valence-electron chi connectivity index (χ4n) is 2.42. The molecule has 0 spiro atoms. The highest BCUT2D eigenvalue weighted by Crippen LogP contribution is 2.41. The summed E-state index contributed by atoms with van der Waals surface area (Å²) in [6.45, 7) is 0.667. The third kappa shape index (κ3) is 2.40. The first kappa shape index (κ1) is 13.1. The van der Waals surface area contributed by atoms with Crippen LogP contribution in [-0.2, 0) is 16.1 Å². The van der Waals surface area contributed by atoms with E-state index in [1.165, 1.54) is 11.9 Å². The van der Waals surface area contributed by atoms with Gasteiger partial charge in [0.1, 0.15) is 6.04 Å². The monoisotopic (exact) mass is 283 g/mol. The van der Waals surface area contributed by atoms with Crippen LogP contribution in [0.3, 0.4) is 0 Å². The van der Waals surface area contributed by atoms with Crippen LogP contribution in [0.15, 0.2) is 59.5 Å². The Morgan fingerprint density at radius 2 is 1.80 bits per heavy atom. The zero-order valence-corrected chi connectivity index (χ0v) is 11.5. The molecule has 2 aromatic rings. The van der Waals surface area contributed by atoms with E-state index >= 15 is 0 Å². The molecule has 1 atom stereocenters. The molecule has 0 bridgehead atoms. The molecule has 1 unspecified atom stereocenters. The predicted octanol–water partition coefficient (Wildman–Crippen LogP) is 3.02. The fraction of sp³-hybridized carbons (Fsp3) is 0.125. The Kier molecular flexibility index (Phi) is 3.67. The molecule has 0 radical (unpaired) electrons. The lowest BCUT2D eigenvalue weighted by atomic mass is 10.0. The van der Waals surface area contributed by atoms with Crippen molar-refractivity contribution in [3.05, 3.63) is 65.7 Å². The lowest BCUT2D eigenvalue weighted by molar-refractivity contribution is -0.132. The summed E-state index contributed by atoms with van der Waals surface area (Å²) in [5.74, 6) is -0.390. The second kappa shape index (κ2) is 5.61. The predicted molar refractivity (Wildman–Crippen MR) is 78.1 cm³/mol. The summed E-state index contributed by atoms with van der Waals surface area (Å²) in [6, 6.07) is 17.2. The highest BCUT2D eigenvalue weighted by molar-refractivity contribution is 7.97. The number of carbonyl (C=O) groups excluding carboxylic acids is 2. The molecule has 3 nitrogen and oxygen atoms in total. The molecule has 0 aliphatic carbocycles. The van der Waals surface area contributed by atoms with Crippen LogP contribution < -0.4 is 0 Å². The first-order chi connectivity index (χ1) is 9.79. The number of nitrogens with zero attached hydrogens (tertiary/aromatic N) is 1. The van der Waals surface area contributed by atoms with E-state index in [1.54, 1.807) is 0 Å². The SMILES string of the molecule is O=CC(=O)C1c2ccccc2CN1Sc1ccccc1. The van der Waals surface area contributed by atoms with Gasteiger partial charge in [0.05, 0.1) is 0 Å². The minimum atomic E-state index is -0.478. The first-order valence-electron chi connectivity index (χ1n) is 6.36. The van der Waals surface area contributed by atoms with Crippen molar-refractivity contribution in [2.75, 3.05) is 0 Å². The van der Waals surface area contributed by atoms with Crippen LogP contribution >= 0.6 is 11.9 Å². The van der Waals surface area contributed by atoms with E-state index in [4.69, 9.17) is 0 Å². The Balaban J connectivity index is 1.92. The van der Waals surface area contributed by atoms with Gasteiger partial charge in [-0.2, -0.15) is 0 Å². The number of carbonyl (C=O) groups is 2. The van der Waals surface area contributed by atoms with Gasteiger partial charge >= 0.3 is 0 Å². The summed E-state index contributed by atoms with van der Waals surface area (Å²) in [5.41, 5.74) is 2.05. The van der Waals surface area contributed by atoms with Gasteiger partial charge in [0.2, 0.25) is 5.78 Å². The molecular formula is C16H13NO2S. The number of Topliss-reactive ketones (excluding diaryl/α,β-unsaturated/α-hetero) is 1. The van der Waals surface area contributed by atoms with Crippen molar-refractivity contribution in [3.63, 3.8) is 0 Å². The van der Waals surface area contributed by atoms with Crippen LogP contribution in [0.2, 0.25) is 0 Å². The van der Waals surface area contributed by atoms with Crippen LogP contribution in [-0.4, -0.2) is 16.4 Å². The molecule has 100 valence electrons. The molecule has 2 aromatic carbocycles. The van der Waals surface area contributed by atoms with Gasteiger partial charge in [-0.15, -0.1) is 0 Å². The van der Waals surface area contributed by atoms with E-state index in [2.05, 4.69) is 0 Å². The van der Waals surface area contributed by atoms with Crippen molar-refractivity contribution in [3.8, 4) is 0 Å². The number of hydrogen-bond donors (Lipinski definition) is 0. The third-order valence-electron chi connectivity index (χ3n) is 3.32. The van der Waals surface area contributed by atoms with Crippen LogP contribution in [0.25, 0.3) is 0 Å². The molecule has 3 rings (SSSR count). The van der Waals surface area contributed by atoms with E-state index in [-0.39, 0.29) is 0 Å². The van der Waals surface area contributed by atoms with Gasteiger partial charge < -0.3 is 0 Å². The lowest BCUT2D eigenvalue weighted by Crippen LogP contribution is -2.23. The summed E-state index contributed by atoms with van der Waals surface area (Å²) in [6.07, 6.45) is 0.422. The van der Waals surface area contributed by atoms with Gasteiger partial charge in [-0.3, -0.25) is 9.59 Å². The summed E-state index contributed by atoms with van der Waals surface area (Å²) >= 11 is 1.51. The Labute approximate surface area is 121 Å².